The fourth-order valence-electron chi connectivity index (χ4n) is 1.65. The SMILES string of the molecule is O=C(O)c1cc2c(cn1)C(=O)CCC2. The quantitative estimate of drug-likeness (QED) is 0.726. The van der Waals surface area contributed by atoms with Gasteiger partial charge in [-0.1, -0.05) is 0 Å². The van der Waals surface area contributed by atoms with Crippen LogP contribution < -0.4 is 0 Å². The number of hydrogen-bond donors (Lipinski definition) is 1. The fourth-order valence-corrected chi connectivity index (χ4v) is 1.65. The number of carboxylic acids is 1. The third-order valence-electron chi connectivity index (χ3n) is 2.36. The molecule has 72 valence electrons. The Labute approximate surface area is 80.6 Å². The molecule has 0 saturated heterocycles. The Kier molecular flexibility index (Phi) is 2.04. The fraction of sp³-hybridized carbons (Fsp3) is 0.300. The summed E-state index contributed by atoms with van der Waals surface area (Å²) in [7, 11) is 0. The number of ketones is 1. The van der Waals surface area contributed by atoms with Gasteiger partial charge in [0.2, 0.25) is 0 Å². The Balaban J connectivity index is 2.49. The Morgan fingerprint density at radius 1 is 1.43 bits per heavy atom. The van der Waals surface area contributed by atoms with E-state index in [1.807, 2.05) is 0 Å². The predicted molar refractivity (Wildman–Crippen MR) is 48.5 cm³/mol. The molecule has 1 aromatic rings. The van der Waals surface area contributed by atoms with Crippen molar-refractivity contribution < 1.29 is 14.7 Å². The lowest BCUT2D eigenvalue weighted by molar-refractivity contribution is 0.0689. The molecule has 0 amide bonds. The van der Waals surface area contributed by atoms with E-state index >= 15 is 0 Å². The molecule has 1 aromatic heterocycles. The lowest BCUT2D eigenvalue weighted by Crippen LogP contribution is -2.13. The van der Waals surface area contributed by atoms with Crippen LogP contribution in [0.25, 0.3) is 0 Å². The van der Waals surface area contributed by atoms with E-state index in [4.69, 9.17) is 5.11 Å². The van der Waals surface area contributed by atoms with Crippen LogP contribution >= 0.6 is 0 Å². The van der Waals surface area contributed by atoms with Crippen molar-refractivity contribution in [1.29, 1.82) is 0 Å². The Morgan fingerprint density at radius 3 is 2.93 bits per heavy atom. The molecule has 0 unspecified atom stereocenters. The van der Waals surface area contributed by atoms with Gasteiger partial charge >= 0.3 is 5.97 Å². The first-order valence-electron chi connectivity index (χ1n) is 4.44. The molecule has 1 aliphatic rings. The molecular weight excluding hydrogens is 182 g/mol. The van der Waals surface area contributed by atoms with Crippen LogP contribution in [-0.2, 0) is 6.42 Å². The lowest BCUT2D eigenvalue weighted by atomic mass is 9.92. The number of carboxylic acid groups (broad SMARTS) is 1. The Morgan fingerprint density at radius 2 is 2.21 bits per heavy atom. The van der Waals surface area contributed by atoms with E-state index < -0.39 is 5.97 Å². The van der Waals surface area contributed by atoms with E-state index in [0.717, 1.165) is 18.4 Å². The summed E-state index contributed by atoms with van der Waals surface area (Å²) in [6, 6.07) is 1.49. The highest BCUT2D eigenvalue weighted by atomic mass is 16.4. The Bertz CT molecular complexity index is 412. The van der Waals surface area contributed by atoms with Crippen LogP contribution in [0, 0.1) is 0 Å². The maximum Gasteiger partial charge on any atom is 0.354 e. The largest absolute Gasteiger partial charge is 0.477 e. The van der Waals surface area contributed by atoms with Crippen LogP contribution in [0.5, 0.6) is 0 Å². The summed E-state index contributed by atoms with van der Waals surface area (Å²) in [5.74, 6) is -0.985. The molecule has 0 aromatic carbocycles. The molecule has 0 atom stereocenters. The number of carbonyl (C=O) groups is 2. The highest BCUT2D eigenvalue weighted by Gasteiger charge is 2.19. The van der Waals surface area contributed by atoms with E-state index in [1.54, 1.807) is 0 Å². The van der Waals surface area contributed by atoms with Gasteiger partial charge in [0.1, 0.15) is 5.69 Å². The molecular formula is C10H9NO3. The van der Waals surface area contributed by atoms with E-state index in [2.05, 4.69) is 4.98 Å². The van der Waals surface area contributed by atoms with Gasteiger partial charge in [0.25, 0.3) is 0 Å². The van der Waals surface area contributed by atoms with Crippen LogP contribution in [0.4, 0.5) is 0 Å². The monoisotopic (exact) mass is 191 g/mol. The van der Waals surface area contributed by atoms with Crippen molar-refractivity contribution in [1.82, 2.24) is 4.98 Å². The number of pyridine rings is 1. The molecule has 14 heavy (non-hydrogen) atoms. The summed E-state index contributed by atoms with van der Waals surface area (Å²) in [6.07, 6.45) is 3.49. The van der Waals surface area contributed by atoms with Gasteiger partial charge in [-0.15, -0.1) is 0 Å². The zero-order valence-electron chi connectivity index (χ0n) is 7.49. The van der Waals surface area contributed by atoms with Gasteiger partial charge in [-0.2, -0.15) is 0 Å². The Hall–Kier alpha value is -1.71. The normalized spacial score (nSPS) is 15.0. The molecule has 4 heteroatoms. The van der Waals surface area contributed by atoms with Crippen LogP contribution in [0.1, 0.15) is 39.3 Å². The number of carbonyl (C=O) groups excluding carboxylic acids is 1. The molecule has 0 fully saturated rings. The van der Waals surface area contributed by atoms with Crippen molar-refractivity contribution in [3.8, 4) is 0 Å². The molecule has 0 saturated carbocycles. The topological polar surface area (TPSA) is 67.3 Å². The zero-order chi connectivity index (χ0) is 10.1. The highest BCUT2D eigenvalue weighted by molar-refractivity contribution is 5.99. The van der Waals surface area contributed by atoms with Gasteiger partial charge in [0.15, 0.2) is 5.78 Å². The maximum atomic E-state index is 11.4. The first kappa shape index (κ1) is 8.87. The summed E-state index contributed by atoms with van der Waals surface area (Å²) < 4.78 is 0. The van der Waals surface area contributed by atoms with Gasteiger partial charge in [0.05, 0.1) is 0 Å². The number of fused-ring (bicyclic) bond motifs is 1. The molecule has 4 nitrogen and oxygen atoms in total. The van der Waals surface area contributed by atoms with Crippen molar-refractivity contribution in [2.75, 3.05) is 0 Å². The average molecular weight is 191 g/mol. The standard InChI is InChI=1S/C10H9NO3/c12-9-3-1-2-6-4-8(10(13)14)11-5-7(6)9/h4-5H,1-3H2,(H,13,14). The van der Waals surface area contributed by atoms with Crippen LogP contribution in [-0.4, -0.2) is 21.8 Å². The van der Waals surface area contributed by atoms with E-state index in [1.165, 1.54) is 12.3 Å². The van der Waals surface area contributed by atoms with Crippen molar-refractivity contribution >= 4 is 11.8 Å². The number of hydrogen-bond acceptors (Lipinski definition) is 3. The zero-order valence-corrected chi connectivity index (χ0v) is 7.49. The molecule has 1 N–H and O–H groups in total. The van der Waals surface area contributed by atoms with Crippen molar-refractivity contribution in [3.05, 3.63) is 29.1 Å². The molecule has 0 aliphatic heterocycles. The summed E-state index contributed by atoms with van der Waals surface area (Å²) in [5, 5.41) is 8.70. The van der Waals surface area contributed by atoms with Crippen molar-refractivity contribution in [3.63, 3.8) is 0 Å². The average Bonchev–Trinajstić information content (AvgIpc) is 2.17. The smallest absolute Gasteiger partial charge is 0.354 e. The summed E-state index contributed by atoms with van der Waals surface area (Å²) in [4.78, 5) is 25.7. The molecule has 1 heterocycles. The first-order chi connectivity index (χ1) is 6.68. The second-order valence-electron chi connectivity index (χ2n) is 3.31. The van der Waals surface area contributed by atoms with E-state index in [9.17, 15) is 9.59 Å². The van der Waals surface area contributed by atoms with Gasteiger partial charge in [0, 0.05) is 18.2 Å². The summed E-state index contributed by atoms with van der Waals surface area (Å²) in [6.45, 7) is 0. The summed E-state index contributed by atoms with van der Waals surface area (Å²) >= 11 is 0. The lowest BCUT2D eigenvalue weighted by Gasteiger charge is -2.13. The number of rotatable bonds is 1. The van der Waals surface area contributed by atoms with Crippen molar-refractivity contribution in [2.24, 2.45) is 0 Å². The number of aromatic nitrogens is 1. The van der Waals surface area contributed by atoms with Crippen LogP contribution in [0.3, 0.4) is 0 Å². The third kappa shape index (κ3) is 1.39. The summed E-state index contributed by atoms with van der Waals surface area (Å²) in [5.41, 5.74) is 1.41. The number of Topliss-reactive ketones (excluding diaryl/α,β-unsaturated/α-hetero) is 1. The number of aryl methyl sites for hydroxylation is 1. The second-order valence-corrected chi connectivity index (χ2v) is 3.31. The van der Waals surface area contributed by atoms with Gasteiger partial charge < -0.3 is 5.11 Å². The first-order valence-corrected chi connectivity index (χ1v) is 4.44. The van der Waals surface area contributed by atoms with Gasteiger partial charge in [-0.05, 0) is 24.5 Å². The number of nitrogens with zero attached hydrogens (tertiary/aromatic N) is 1. The van der Waals surface area contributed by atoms with Crippen LogP contribution in [0.15, 0.2) is 12.3 Å². The molecule has 0 radical (unpaired) electrons. The van der Waals surface area contributed by atoms with E-state index in [0.29, 0.717) is 12.0 Å². The minimum Gasteiger partial charge on any atom is -0.477 e. The molecule has 0 spiro atoms. The minimum atomic E-state index is -1.05. The number of aromatic carboxylic acids is 1. The molecule has 0 bridgehead atoms. The molecule has 1 aliphatic carbocycles. The van der Waals surface area contributed by atoms with Crippen LogP contribution in [0.2, 0.25) is 0 Å². The van der Waals surface area contributed by atoms with Crippen molar-refractivity contribution in [2.45, 2.75) is 19.3 Å². The van der Waals surface area contributed by atoms with Gasteiger partial charge in [-0.25, -0.2) is 9.78 Å². The second kappa shape index (κ2) is 3.21. The van der Waals surface area contributed by atoms with E-state index in [-0.39, 0.29) is 11.5 Å². The third-order valence-corrected chi connectivity index (χ3v) is 2.36. The highest BCUT2D eigenvalue weighted by Crippen LogP contribution is 2.20. The molecule has 2 rings (SSSR count). The maximum absolute atomic E-state index is 11.4. The minimum absolute atomic E-state index is 0.0125. The predicted octanol–water partition coefficient (Wildman–Crippen LogP) is 1.30. The van der Waals surface area contributed by atoms with Gasteiger partial charge in [-0.3, -0.25) is 4.79 Å².